The summed E-state index contributed by atoms with van der Waals surface area (Å²) in [5, 5.41) is 0.650. The van der Waals surface area contributed by atoms with Crippen LogP contribution in [-0.2, 0) is 4.74 Å². The Morgan fingerprint density at radius 3 is 2.60 bits per heavy atom. The average molecular weight is 402 g/mol. The van der Waals surface area contributed by atoms with Crippen LogP contribution in [0.5, 0.6) is 5.75 Å². The molecule has 0 saturated heterocycles. The Morgan fingerprint density at radius 2 is 1.77 bits per heavy atom. The molecule has 6 nitrogen and oxygen atoms in total. The summed E-state index contributed by atoms with van der Waals surface area (Å²) in [5.41, 5.74) is 2.25. The summed E-state index contributed by atoms with van der Waals surface area (Å²) in [5.74, 6) is 0.993. The molecule has 4 aromatic rings. The molecule has 1 unspecified atom stereocenters. The largest absolute Gasteiger partial charge is 0.460 e. The molecule has 0 spiro atoms. The molecule has 0 N–H and O–H groups in total. The van der Waals surface area contributed by atoms with Gasteiger partial charge in [0.25, 0.3) is 0 Å². The van der Waals surface area contributed by atoms with Crippen molar-refractivity contribution < 1.29 is 18.3 Å². The molecule has 2 aromatic carbocycles. The van der Waals surface area contributed by atoms with Gasteiger partial charge in [-0.3, -0.25) is 0 Å². The van der Waals surface area contributed by atoms with E-state index in [1.807, 2.05) is 44.2 Å². The van der Waals surface area contributed by atoms with E-state index in [-0.39, 0.29) is 5.56 Å². The third-order valence-electron chi connectivity index (χ3n) is 5.10. The maximum atomic E-state index is 13.0. The van der Waals surface area contributed by atoms with Crippen LogP contribution in [0.2, 0.25) is 0 Å². The van der Waals surface area contributed by atoms with Crippen molar-refractivity contribution in [1.29, 1.82) is 0 Å². The second-order valence-electron chi connectivity index (χ2n) is 7.11. The van der Waals surface area contributed by atoms with Crippen LogP contribution in [-0.4, -0.2) is 6.61 Å². The molecule has 5 rings (SSSR count). The summed E-state index contributed by atoms with van der Waals surface area (Å²) in [4.78, 5) is 25.2. The van der Waals surface area contributed by atoms with E-state index < -0.39 is 17.5 Å². The molecule has 0 saturated carbocycles. The zero-order chi connectivity index (χ0) is 20.8. The highest BCUT2D eigenvalue weighted by Crippen LogP contribution is 2.43. The summed E-state index contributed by atoms with van der Waals surface area (Å²) in [6.07, 6.45) is -0.725. The van der Waals surface area contributed by atoms with Crippen molar-refractivity contribution in [3.63, 3.8) is 0 Å². The number of para-hydroxylation sites is 1. The molecular weight excluding hydrogens is 384 g/mol. The number of ether oxygens (including phenoxy) is 2. The molecule has 150 valence electrons. The summed E-state index contributed by atoms with van der Waals surface area (Å²) >= 11 is 0. The minimum absolute atomic E-state index is 0.253. The maximum Gasteiger partial charge on any atom is 0.344 e. The van der Waals surface area contributed by atoms with E-state index in [0.717, 1.165) is 5.56 Å². The molecule has 3 heterocycles. The summed E-state index contributed by atoms with van der Waals surface area (Å²) < 4.78 is 22.8. The van der Waals surface area contributed by atoms with Crippen LogP contribution < -0.4 is 16.0 Å². The van der Waals surface area contributed by atoms with Crippen molar-refractivity contribution in [2.45, 2.75) is 20.1 Å². The first kappa shape index (κ1) is 18.4. The van der Waals surface area contributed by atoms with E-state index in [0.29, 0.717) is 45.8 Å². The topological polar surface area (TPSA) is 78.9 Å². The highest BCUT2D eigenvalue weighted by molar-refractivity contribution is 5.93. The second kappa shape index (κ2) is 7.00. The Morgan fingerprint density at radius 1 is 0.933 bits per heavy atom. The molecule has 1 aliphatic rings. The quantitative estimate of drug-likeness (QED) is 0.457. The molecule has 0 aliphatic carbocycles. The van der Waals surface area contributed by atoms with Crippen LogP contribution in [0.15, 0.2) is 73.0 Å². The highest BCUT2D eigenvalue weighted by Gasteiger charge is 2.30. The first-order chi connectivity index (χ1) is 14.5. The third kappa shape index (κ3) is 2.93. The molecule has 0 fully saturated rings. The van der Waals surface area contributed by atoms with E-state index in [1.165, 1.54) is 6.07 Å². The zero-order valence-corrected chi connectivity index (χ0v) is 16.4. The first-order valence-corrected chi connectivity index (χ1v) is 9.65. The minimum Gasteiger partial charge on any atom is -0.460 e. The Kier molecular flexibility index (Phi) is 4.29. The van der Waals surface area contributed by atoms with Gasteiger partial charge in [0.15, 0.2) is 5.76 Å². The fraction of sp³-hybridized carbons (Fsp3) is 0.167. The van der Waals surface area contributed by atoms with Crippen LogP contribution >= 0.6 is 0 Å². The molecule has 0 amide bonds. The van der Waals surface area contributed by atoms with Gasteiger partial charge in [-0.05, 0) is 43.7 Å². The lowest BCUT2D eigenvalue weighted by Gasteiger charge is -2.27. The number of fused-ring (bicyclic) bond motifs is 4. The Balaban J connectivity index is 1.79. The SMILES string of the molecule is CCOC1Oc2ccccc2-c2oc(=O)c(-c3cc(=O)oc4cc(C)ccc34)cc21. The first-order valence-electron chi connectivity index (χ1n) is 9.65. The molecule has 1 atom stereocenters. The Hall–Kier alpha value is -3.64. The highest BCUT2D eigenvalue weighted by atomic mass is 16.7. The zero-order valence-electron chi connectivity index (χ0n) is 16.4. The monoisotopic (exact) mass is 402 g/mol. The average Bonchev–Trinajstić information content (AvgIpc) is 2.73. The number of hydrogen-bond acceptors (Lipinski definition) is 6. The molecule has 1 aliphatic heterocycles. The van der Waals surface area contributed by atoms with Crippen LogP contribution in [0, 0.1) is 6.92 Å². The number of benzene rings is 2. The molecule has 2 aromatic heterocycles. The van der Waals surface area contributed by atoms with Crippen molar-refractivity contribution in [2.24, 2.45) is 0 Å². The second-order valence-corrected chi connectivity index (χ2v) is 7.11. The van der Waals surface area contributed by atoms with Gasteiger partial charge in [-0.2, -0.15) is 0 Å². The molecular formula is C24H18O6. The standard InChI is InChI=1S/C24H18O6/c1-3-27-24-18-11-17(16-12-21(25)28-20-10-13(2)8-9-14(16)20)23(26)30-22(18)15-6-4-5-7-19(15)29-24/h4-12,24H,3H2,1-2H3. The van der Waals surface area contributed by atoms with Crippen LogP contribution in [0.4, 0.5) is 0 Å². The molecule has 6 heteroatoms. The van der Waals surface area contributed by atoms with Gasteiger partial charge in [-0.15, -0.1) is 0 Å². The van der Waals surface area contributed by atoms with Gasteiger partial charge in [0, 0.05) is 23.6 Å². The third-order valence-corrected chi connectivity index (χ3v) is 5.10. The molecule has 0 radical (unpaired) electrons. The van der Waals surface area contributed by atoms with E-state index in [2.05, 4.69) is 0 Å². The van der Waals surface area contributed by atoms with Gasteiger partial charge in [0.1, 0.15) is 11.3 Å². The maximum absolute atomic E-state index is 13.0. The van der Waals surface area contributed by atoms with E-state index in [9.17, 15) is 9.59 Å². The van der Waals surface area contributed by atoms with Crippen LogP contribution in [0.1, 0.15) is 24.3 Å². The fourth-order valence-electron chi connectivity index (χ4n) is 3.76. The summed E-state index contributed by atoms with van der Waals surface area (Å²) in [6.45, 7) is 4.18. The Bertz CT molecular complexity index is 1400. The van der Waals surface area contributed by atoms with Crippen molar-refractivity contribution in [3.05, 3.63) is 86.6 Å². The minimum atomic E-state index is -0.725. The van der Waals surface area contributed by atoms with Gasteiger partial charge in [-0.1, -0.05) is 24.3 Å². The van der Waals surface area contributed by atoms with E-state index in [1.54, 1.807) is 18.2 Å². The van der Waals surface area contributed by atoms with Crippen LogP contribution in [0.25, 0.3) is 33.4 Å². The molecule has 0 bridgehead atoms. The van der Waals surface area contributed by atoms with Crippen molar-refractivity contribution >= 4 is 11.0 Å². The van der Waals surface area contributed by atoms with Crippen molar-refractivity contribution in [1.82, 2.24) is 0 Å². The van der Waals surface area contributed by atoms with E-state index in [4.69, 9.17) is 18.3 Å². The number of rotatable bonds is 3. The Labute approximate surface area is 171 Å². The summed E-state index contributed by atoms with van der Waals surface area (Å²) in [7, 11) is 0. The lowest BCUT2D eigenvalue weighted by atomic mass is 9.97. The molecule has 30 heavy (non-hydrogen) atoms. The lowest BCUT2D eigenvalue weighted by molar-refractivity contribution is -0.0813. The lowest BCUT2D eigenvalue weighted by Crippen LogP contribution is -2.20. The number of hydrogen-bond donors (Lipinski definition) is 0. The van der Waals surface area contributed by atoms with Gasteiger partial charge in [0.05, 0.1) is 16.7 Å². The van der Waals surface area contributed by atoms with Crippen molar-refractivity contribution in [2.75, 3.05) is 6.61 Å². The van der Waals surface area contributed by atoms with Gasteiger partial charge in [0.2, 0.25) is 6.29 Å². The predicted octanol–water partition coefficient (Wildman–Crippen LogP) is 4.82. The van der Waals surface area contributed by atoms with Gasteiger partial charge >= 0.3 is 11.3 Å². The van der Waals surface area contributed by atoms with Crippen LogP contribution in [0.3, 0.4) is 0 Å². The van der Waals surface area contributed by atoms with Gasteiger partial charge in [-0.25, -0.2) is 9.59 Å². The van der Waals surface area contributed by atoms with Gasteiger partial charge < -0.3 is 18.3 Å². The van der Waals surface area contributed by atoms with E-state index >= 15 is 0 Å². The normalized spacial score (nSPS) is 14.8. The number of aryl methyl sites for hydroxylation is 1. The predicted molar refractivity (Wildman–Crippen MR) is 112 cm³/mol. The smallest absolute Gasteiger partial charge is 0.344 e. The summed E-state index contributed by atoms with van der Waals surface area (Å²) in [6, 6.07) is 15.8. The fourth-order valence-corrected chi connectivity index (χ4v) is 3.76. The van der Waals surface area contributed by atoms with Crippen molar-refractivity contribution in [3.8, 4) is 28.2 Å².